The predicted molar refractivity (Wildman–Crippen MR) is 117 cm³/mol. The second kappa shape index (κ2) is 7.77. The zero-order valence-electron chi connectivity index (χ0n) is 18.4. The molecule has 7 rings (SSSR count). The van der Waals surface area contributed by atoms with E-state index in [9.17, 15) is 9.90 Å². The van der Waals surface area contributed by atoms with Gasteiger partial charge in [-0.2, -0.15) is 4.98 Å². The molecule has 0 spiro atoms. The number of H-pyrrole nitrogens is 1. The zero-order valence-corrected chi connectivity index (χ0v) is 18.4. The molecule has 0 saturated heterocycles. The Bertz CT molecular complexity index is 1170. The van der Waals surface area contributed by atoms with Crippen LogP contribution in [0.1, 0.15) is 42.8 Å². The molecular weight excluding hydrogens is 426 g/mol. The van der Waals surface area contributed by atoms with Crippen LogP contribution in [-0.4, -0.2) is 68.0 Å². The van der Waals surface area contributed by atoms with Crippen molar-refractivity contribution in [3.8, 4) is 11.4 Å². The molecule has 1 unspecified atom stereocenters. The van der Waals surface area contributed by atoms with E-state index in [1.165, 1.54) is 0 Å². The van der Waals surface area contributed by atoms with Crippen LogP contribution in [-0.2, 0) is 4.74 Å². The first-order chi connectivity index (χ1) is 16.0. The SMILES string of the molecule is COCCNC(=O)c1nc(-c2cnc3[nH]cnc3c2N[C@H]2[C@@H]3CC4C[C@H]2C[C@@](O)(C4)C3)no1. The molecule has 0 aromatic carbocycles. The van der Waals surface area contributed by atoms with Crippen molar-refractivity contribution >= 4 is 22.8 Å². The molecule has 3 aromatic rings. The van der Waals surface area contributed by atoms with Gasteiger partial charge in [-0.25, -0.2) is 9.97 Å². The first kappa shape index (κ1) is 20.5. The highest BCUT2D eigenvalue weighted by atomic mass is 16.5. The minimum absolute atomic E-state index is 0.119. The van der Waals surface area contributed by atoms with Crippen molar-refractivity contribution in [2.45, 2.75) is 43.7 Å². The van der Waals surface area contributed by atoms with E-state index in [1.807, 2.05) is 0 Å². The number of pyridine rings is 1. The maximum atomic E-state index is 12.3. The van der Waals surface area contributed by atoms with Crippen LogP contribution in [0, 0.1) is 17.8 Å². The summed E-state index contributed by atoms with van der Waals surface area (Å²) in [6, 6.07) is 0.228. The molecule has 174 valence electrons. The minimum atomic E-state index is -0.504. The molecule has 4 fully saturated rings. The number of carbonyl (C=O) groups is 1. The summed E-state index contributed by atoms with van der Waals surface area (Å²) in [6.07, 6.45) is 8.14. The number of rotatable bonds is 7. The highest BCUT2D eigenvalue weighted by Gasteiger charge is 2.54. The van der Waals surface area contributed by atoms with Crippen LogP contribution in [0.5, 0.6) is 0 Å². The number of hydrogen-bond donors (Lipinski definition) is 4. The first-order valence-electron chi connectivity index (χ1n) is 11.5. The molecule has 4 aliphatic carbocycles. The number of carbonyl (C=O) groups excluding carboxylic acids is 1. The van der Waals surface area contributed by atoms with Crippen molar-refractivity contribution in [3.05, 3.63) is 18.4 Å². The Morgan fingerprint density at radius 1 is 1.30 bits per heavy atom. The Kier molecular flexibility index (Phi) is 4.84. The third-order valence-electron chi connectivity index (χ3n) is 7.45. The lowest BCUT2D eigenvalue weighted by molar-refractivity contribution is -0.129. The van der Waals surface area contributed by atoms with E-state index in [4.69, 9.17) is 9.26 Å². The van der Waals surface area contributed by atoms with Crippen LogP contribution in [0.4, 0.5) is 5.69 Å². The van der Waals surface area contributed by atoms with Crippen LogP contribution >= 0.6 is 0 Å². The van der Waals surface area contributed by atoms with E-state index in [2.05, 4.69) is 35.7 Å². The second-order valence-corrected chi connectivity index (χ2v) is 9.68. The molecule has 4 bridgehead atoms. The Morgan fingerprint density at radius 3 is 2.88 bits per heavy atom. The molecule has 4 saturated carbocycles. The number of ether oxygens (including phenoxy) is 1. The van der Waals surface area contributed by atoms with Gasteiger partial charge in [0.25, 0.3) is 0 Å². The molecule has 3 heterocycles. The number of fused-ring (bicyclic) bond motifs is 1. The monoisotopic (exact) mass is 453 g/mol. The fourth-order valence-electron chi connectivity index (χ4n) is 6.36. The smallest absolute Gasteiger partial charge is 0.316 e. The molecule has 11 heteroatoms. The summed E-state index contributed by atoms with van der Waals surface area (Å²) in [5.74, 6) is 1.13. The van der Waals surface area contributed by atoms with Crippen molar-refractivity contribution in [2.24, 2.45) is 17.8 Å². The van der Waals surface area contributed by atoms with Crippen molar-refractivity contribution in [3.63, 3.8) is 0 Å². The second-order valence-electron chi connectivity index (χ2n) is 9.68. The topological polar surface area (TPSA) is 151 Å². The van der Waals surface area contributed by atoms with Crippen molar-refractivity contribution in [2.75, 3.05) is 25.6 Å². The van der Waals surface area contributed by atoms with Crippen LogP contribution in [0.25, 0.3) is 22.6 Å². The van der Waals surface area contributed by atoms with E-state index in [1.54, 1.807) is 19.6 Å². The third kappa shape index (κ3) is 3.55. The van der Waals surface area contributed by atoms with Gasteiger partial charge in [0.05, 0.1) is 29.8 Å². The lowest BCUT2D eigenvalue weighted by Crippen LogP contribution is -2.59. The quantitative estimate of drug-likeness (QED) is 0.392. The van der Waals surface area contributed by atoms with Gasteiger partial charge >= 0.3 is 11.8 Å². The van der Waals surface area contributed by atoms with E-state index < -0.39 is 11.5 Å². The maximum Gasteiger partial charge on any atom is 0.316 e. The number of aromatic nitrogens is 5. The largest absolute Gasteiger partial charge is 0.390 e. The van der Waals surface area contributed by atoms with Crippen molar-refractivity contribution in [1.29, 1.82) is 0 Å². The standard InChI is InChI=1S/C22H27N7O4/c1-32-3-2-23-20(30)21-28-18(29-33-21)14-9-24-19-17(25-10-26-19)16(14)27-15-12-4-11-5-13(15)8-22(31,6-11)7-12/h9-13,15,31H,2-8H2,1H3,(H,23,30)(H2,24,25,26,27)/t11?,12-,13+,15+,22-. The molecule has 0 aliphatic heterocycles. The van der Waals surface area contributed by atoms with Crippen LogP contribution in [0.15, 0.2) is 17.0 Å². The Labute approximate surface area is 189 Å². The van der Waals surface area contributed by atoms with E-state index in [0.717, 1.165) is 37.8 Å². The lowest BCUT2D eigenvalue weighted by Gasteiger charge is -2.58. The highest BCUT2D eigenvalue weighted by molar-refractivity contribution is 5.95. The van der Waals surface area contributed by atoms with Gasteiger partial charge in [0.1, 0.15) is 5.52 Å². The fraction of sp³-hybridized carbons (Fsp3) is 0.591. The Balaban J connectivity index is 1.32. The van der Waals surface area contributed by atoms with Gasteiger partial charge < -0.3 is 30.0 Å². The number of anilines is 1. The van der Waals surface area contributed by atoms with Gasteiger partial charge in [0.15, 0.2) is 5.65 Å². The zero-order chi connectivity index (χ0) is 22.6. The molecule has 4 aliphatic rings. The molecule has 4 N–H and O–H groups in total. The summed E-state index contributed by atoms with van der Waals surface area (Å²) in [5.41, 5.74) is 2.25. The van der Waals surface area contributed by atoms with Gasteiger partial charge in [-0.15, -0.1) is 0 Å². The molecule has 3 aromatic heterocycles. The predicted octanol–water partition coefficient (Wildman–Crippen LogP) is 1.74. The van der Waals surface area contributed by atoms with E-state index in [0.29, 0.717) is 47.6 Å². The molecular formula is C22H27N7O4. The Morgan fingerprint density at radius 2 is 2.12 bits per heavy atom. The number of imidazole rings is 1. The van der Waals surface area contributed by atoms with Crippen LogP contribution < -0.4 is 10.6 Å². The molecule has 1 amide bonds. The van der Waals surface area contributed by atoms with E-state index >= 15 is 0 Å². The fourth-order valence-corrected chi connectivity index (χ4v) is 6.36. The first-order valence-corrected chi connectivity index (χ1v) is 11.5. The highest BCUT2D eigenvalue weighted by Crippen LogP contribution is 2.56. The molecule has 0 radical (unpaired) electrons. The van der Waals surface area contributed by atoms with Crippen molar-refractivity contribution in [1.82, 2.24) is 30.4 Å². The Hall–Kier alpha value is -3.05. The number of nitrogens with one attached hydrogen (secondary N) is 3. The number of amides is 1. The summed E-state index contributed by atoms with van der Waals surface area (Å²) in [4.78, 5) is 28.6. The summed E-state index contributed by atoms with van der Waals surface area (Å²) in [7, 11) is 1.56. The van der Waals surface area contributed by atoms with E-state index in [-0.39, 0.29) is 17.8 Å². The van der Waals surface area contributed by atoms with Crippen molar-refractivity contribution < 1.29 is 19.2 Å². The number of aliphatic hydroxyl groups is 1. The number of hydrogen-bond acceptors (Lipinski definition) is 9. The van der Waals surface area contributed by atoms with Crippen LogP contribution in [0.2, 0.25) is 0 Å². The van der Waals surface area contributed by atoms with Gasteiger partial charge in [0.2, 0.25) is 5.82 Å². The normalized spacial score (nSPS) is 30.1. The molecule has 11 nitrogen and oxygen atoms in total. The third-order valence-corrected chi connectivity index (χ3v) is 7.45. The lowest BCUT2D eigenvalue weighted by atomic mass is 9.52. The van der Waals surface area contributed by atoms with Gasteiger partial charge in [-0.05, 0) is 49.9 Å². The minimum Gasteiger partial charge on any atom is -0.390 e. The molecule has 5 atom stereocenters. The molecule has 33 heavy (non-hydrogen) atoms. The average molecular weight is 454 g/mol. The maximum absolute atomic E-state index is 12.3. The van der Waals surface area contributed by atoms with Gasteiger partial charge in [0, 0.05) is 25.9 Å². The average Bonchev–Trinajstić information content (AvgIpc) is 3.45. The van der Waals surface area contributed by atoms with Gasteiger partial charge in [-0.1, -0.05) is 5.16 Å². The summed E-state index contributed by atoms with van der Waals surface area (Å²) < 4.78 is 10.2. The summed E-state index contributed by atoms with van der Waals surface area (Å²) in [5, 5.41) is 21.4. The van der Waals surface area contributed by atoms with Crippen LogP contribution in [0.3, 0.4) is 0 Å². The summed E-state index contributed by atoms with van der Waals surface area (Å²) >= 11 is 0. The number of methoxy groups -OCH3 is 1. The number of nitrogens with zero attached hydrogens (tertiary/aromatic N) is 4. The number of aromatic amines is 1. The summed E-state index contributed by atoms with van der Waals surface area (Å²) in [6.45, 7) is 0.735. The van der Waals surface area contributed by atoms with Gasteiger partial charge in [-0.3, -0.25) is 4.79 Å².